The van der Waals surface area contributed by atoms with Gasteiger partial charge in [-0.25, -0.2) is 0 Å². The molecule has 0 aliphatic heterocycles. The van der Waals surface area contributed by atoms with Gasteiger partial charge in [0, 0.05) is 26.3 Å². The second-order valence-electron chi connectivity index (χ2n) is 5.37. The number of rotatable bonds is 6. The van der Waals surface area contributed by atoms with Crippen LogP contribution in [0, 0.1) is 0 Å². The number of benzene rings is 1. The van der Waals surface area contributed by atoms with Gasteiger partial charge in [-0.1, -0.05) is 30.3 Å². The van der Waals surface area contributed by atoms with E-state index < -0.39 is 6.10 Å². The summed E-state index contributed by atoms with van der Waals surface area (Å²) in [5, 5.41) is 9.32. The first-order valence-corrected chi connectivity index (χ1v) is 7.20. The van der Waals surface area contributed by atoms with Gasteiger partial charge in [0.05, 0.1) is 6.10 Å². The zero-order valence-electron chi connectivity index (χ0n) is 12.6. The van der Waals surface area contributed by atoms with Crippen molar-refractivity contribution in [2.45, 2.75) is 26.0 Å². The van der Waals surface area contributed by atoms with Gasteiger partial charge in [0.15, 0.2) is 0 Å². The minimum Gasteiger partial charge on any atom is -0.393 e. The molecule has 1 amide bonds. The van der Waals surface area contributed by atoms with E-state index in [0.29, 0.717) is 25.2 Å². The van der Waals surface area contributed by atoms with Gasteiger partial charge in [0.25, 0.3) is 5.91 Å². The van der Waals surface area contributed by atoms with Crippen LogP contribution in [0.5, 0.6) is 0 Å². The molecule has 1 atom stereocenters. The molecule has 0 aliphatic rings. The average molecular weight is 286 g/mol. The molecule has 1 heterocycles. The molecule has 0 spiro atoms. The molecular weight excluding hydrogens is 264 g/mol. The van der Waals surface area contributed by atoms with Gasteiger partial charge in [-0.05, 0) is 31.0 Å². The molecular formula is C17H22N2O2. The summed E-state index contributed by atoms with van der Waals surface area (Å²) in [6, 6.07) is 13.8. The van der Waals surface area contributed by atoms with E-state index in [-0.39, 0.29) is 5.91 Å². The highest BCUT2D eigenvalue weighted by atomic mass is 16.3. The van der Waals surface area contributed by atoms with Crippen molar-refractivity contribution in [3.8, 4) is 0 Å². The van der Waals surface area contributed by atoms with Gasteiger partial charge in [0.1, 0.15) is 5.69 Å². The fourth-order valence-electron chi connectivity index (χ4n) is 2.20. The number of carbonyl (C=O) groups excluding carboxylic acids is 1. The number of aliphatic hydroxyl groups is 1. The molecule has 2 rings (SSSR count). The van der Waals surface area contributed by atoms with Crippen molar-refractivity contribution >= 4 is 5.91 Å². The Bertz CT molecular complexity index is 575. The molecule has 1 aromatic heterocycles. The summed E-state index contributed by atoms with van der Waals surface area (Å²) in [7, 11) is 1.77. The van der Waals surface area contributed by atoms with Gasteiger partial charge in [-0.3, -0.25) is 4.79 Å². The fraction of sp³-hybridized carbons (Fsp3) is 0.353. The monoisotopic (exact) mass is 286 g/mol. The van der Waals surface area contributed by atoms with Gasteiger partial charge in [-0.2, -0.15) is 0 Å². The molecule has 0 saturated carbocycles. The lowest BCUT2D eigenvalue weighted by Gasteiger charge is -2.19. The molecule has 0 radical (unpaired) electrons. The van der Waals surface area contributed by atoms with Crippen molar-refractivity contribution in [3.05, 3.63) is 59.9 Å². The SMILES string of the molecule is CC(O)CCN(C)C(=O)c1cccn1Cc1ccccc1. The third-order valence-electron chi connectivity index (χ3n) is 3.47. The Morgan fingerprint density at radius 1 is 1.24 bits per heavy atom. The van der Waals surface area contributed by atoms with Crippen LogP contribution in [-0.2, 0) is 6.54 Å². The van der Waals surface area contributed by atoms with Gasteiger partial charge in [0.2, 0.25) is 0 Å². The van der Waals surface area contributed by atoms with E-state index in [0.717, 1.165) is 5.56 Å². The van der Waals surface area contributed by atoms with E-state index in [9.17, 15) is 9.90 Å². The third kappa shape index (κ3) is 4.20. The predicted molar refractivity (Wildman–Crippen MR) is 83.2 cm³/mol. The molecule has 4 heteroatoms. The smallest absolute Gasteiger partial charge is 0.270 e. The molecule has 0 bridgehead atoms. The van der Waals surface area contributed by atoms with Crippen LogP contribution in [0.2, 0.25) is 0 Å². The lowest BCUT2D eigenvalue weighted by molar-refractivity contribution is 0.0759. The second kappa shape index (κ2) is 7.09. The molecule has 1 unspecified atom stereocenters. The van der Waals surface area contributed by atoms with Crippen LogP contribution in [-0.4, -0.2) is 40.2 Å². The molecule has 4 nitrogen and oxygen atoms in total. The Balaban J connectivity index is 2.07. The summed E-state index contributed by atoms with van der Waals surface area (Å²) in [6.07, 6.45) is 2.11. The van der Waals surface area contributed by atoms with E-state index in [1.807, 2.05) is 53.2 Å². The molecule has 0 fully saturated rings. The van der Waals surface area contributed by atoms with E-state index in [4.69, 9.17) is 0 Å². The van der Waals surface area contributed by atoms with Crippen molar-refractivity contribution in [1.29, 1.82) is 0 Å². The van der Waals surface area contributed by atoms with Crippen LogP contribution in [0.1, 0.15) is 29.4 Å². The number of aromatic nitrogens is 1. The third-order valence-corrected chi connectivity index (χ3v) is 3.47. The molecule has 0 aliphatic carbocycles. The van der Waals surface area contributed by atoms with Gasteiger partial charge < -0.3 is 14.6 Å². The summed E-state index contributed by atoms with van der Waals surface area (Å²) < 4.78 is 1.95. The van der Waals surface area contributed by atoms with Gasteiger partial charge in [-0.15, -0.1) is 0 Å². The quantitative estimate of drug-likeness (QED) is 0.886. The lowest BCUT2D eigenvalue weighted by Crippen LogP contribution is -2.31. The Hall–Kier alpha value is -2.07. The molecule has 2 aromatic rings. The summed E-state index contributed by atoms with van der Waals surface area (Å²) in [5.41, 5.74) is 1.83. The highest BCUT2D eigenvalue weighted by molar-refractivity contribution is 5.92. The first-order valence-electron chi connectivity index (χ1n) is 7.20. The first kappa shape index (κ1) is 15.3. The van der Waals surface area contributed by atoms with E-state index >= 15 is 0 Å². The van der Waals surface area contributed by atoms with Gasteiger partial charge >= 0.3 is 0 Å². The Morgan fingerprint density at radius 2 is 1.95 bits per heavy atom. The number of carbonyl (C=O) groups is 1. The van der Waals surface area contributed by atoms with Crippen molar-refractivity contribution in [3.63, 3.8) is 0 Å². The van der Waals surface area contributed by atoms with E-state index in [1.165, 1.54) is 0 Å². The van der Waals surface area contributed by atoms with Crippen LogP contribution < -0.4 is 0 Å². The molecule has 0 saturated heterocycles. The standard InChI is InChI=1S/C17H22N2O2/c1-14(20)10-12-18(2)17(21)16-9-6-11-19(16)13-15-7-4-3-5-8-15/h3-9,11,14,20H,10,12-13H2,1-2H3. The maximum Gasteiger partial charge on any atom is 0.270 e. The number of nitrogens with zero attached hydrogens (tertiary/aromatic N) is 2. The molecule has 1 N–H and O–H groups in total. The summed E-state index contributed by atoms with van der Waals surface area (Å²) in [5.74, 6) is -0.0171. The maximum absolute atomic E-state index is 12.5. The normalized spacial score (nSPS) is 12.1. The molecule has 1 aromatic carbocycles. The highest BCUT2D eigenvalue weighted by Crippen LogP contribution is 2.10. The highest BCUT2D eigenvalue weighted by Gasteiger charge is 2.16. The first-order chi connectivity index (χ1) is 10.1. The number of hydrogen-bond acceptors (Lipinski definition) is 2. The minimum atomic E-state index is -0.392. The van der Waals surface area contributed by atoms with E-state index in [2.05, 4.69) is 0 Å². The molecule has 21 heavy (non-hydrogen) atoms. The second-order valence-corrected chi connectivity index (χ2v) is 5.37. The topological polar surface area (TPSA) is 45.5 Å². The minimum absolute atomic E-state index is 0.0171. The van der Waals surface area contributed by atoms with Crippen molar-refractivity contribution in [2.75, 3.05) is 13.6 Å². The van der Waals surface area contributed by atoms with Crippen LogP contribution in [0.4, 0.5) is 0 Å². The number of aliphatic hydroxyl groups excluding tert-OH is 1. The maximum atomic E-state index is 12.5. The predicted octanol–water partition coefficient (Wildman–Crippen LogP) is 2.38. The van der Waals surface area contributed by atoms with Crippen molar-refractivity contribution in [2.24, 2.45) is 0 Å². The Kier molecular flexibility index (Phi) is 5.17. The van der Waals surface area contributed by atoms with Crippen LogP contribution in [0.3, 0.4) is 0 Å². The largest absolute Gasteiger partial charge is 0.393 e. The zero-order valence-corrected chi connectivity index (χ0v) is 12.6. The van der Waals surface area contributed by atoms with Crippen LogP contribution in [0.15, 0.2) is 48.7 Å². The Morgan fingerprint density at radius 3 is 2.62 bits per heavy atom. The average Bonchev–Trinajstić information content (AvgIpc) is 2.93. The van der Waals surface area contributed by atoms with E-state index in [1.54, 1.807) is 18.9 Å². The number of hydrogen-bond donors (Lipinski definition) is 1. The lowest BCUT2D eigenvalue weighted by atomic mass is 10.2. The van der Waals surface area contributed by atoms with Crippen molar-refractivity contribution in [1.82, 2.24) is 9.47 Å². The zero-order chi connectivity index (χ0) is 15.2. The molecule has 112 valence electrons. The van der Waals surface area contributed by atoms with Crippen LogP contribution >= 0.6 is 0 Å². The number of amides is 1. The summed E-state index contributed by atoms with van der Waals surface area (Å²) >= 11 is 0. The van der Waals surface area contributed by atoms with Crippen LogP contribution in [0.25, 0.3) is 0 Å². The van der Waals surface area contributed by atoms with Crippen molar-refractivity contribution < 1.29 is 9.90 Å². The Labute approximate surface area is 125 Å². The fourth-order valence-corrected chi connectivity index (χ4v) is 2.20. The summed E-state index contributed by atoms with van der Waals surface area (Å²) in [4.78, 5) is 14.1. The summed E-state index contributed by atoms with van der Waals surface area (Å²) in [6.45, 7) is 2.96.